The first kappa shape index (κ1) is 13.6. The van der Waals surface area contributed by atoms with Gasteiger partial charge >= 0.3 is 5.97 Å². The lowest BCUT2D eigenvalue weighted by Gasteiger charge is -2.15. The first-order valence-corrected chi connectivity index (χ1v) is 6.77. The summed E-state index contributed by atoms with van der Waals surface area (Å²) in [6.07, 6.45) is 1.65. The third-order valence-corrected chi connectivity index (χ3v) is 3.63. The van der Waals surface area contributed by atoms with Crippen LogP contribution in [0, 0.1) is 11.8 Å². The molecule has 2 atom stereocenters. The number of benzene rings is 2. The molecule has 0 aromatic heterocycles. The zero-order valence-electron chi connectivity index (χ0n) is 11.5. The van der Waals surface area contributed by atoms with Crippen LogP contribution >= 0.6 is 0 Å². The molecule has 19 heavy (non-hydrogen) atoms. The van der Waals surface area contributed by atoms with Crippen LogP contribution in [0.5, 0.6) is 0 Å². The van der Waals surface area contributed by atoms with Gasteiger partial charge in [-0.25, -0.2) is 0 Å². The topological polar surface area (TPSA) is 37.3 Å². The van der Waals surface area contributed by atoms with Gasteiger partial charge in [-0.05, 0) is 35.1 Å². The Labute approximate surface area is 114 Å². The Morgan fingerprint density at radius 2 is 1.79 bits per heavy atom. The number of aliphatic carboxylic acids is 1. The highest BCUT2D eigenvalue weighted by atomic mass is 16.4. The number of carboxylic acid groups (broad SMARTS) is 1. The van der Waals surface area contributed by atoms with Crippen molar-refractivity contribution >= 4 is 16.7 Å². The van der Waals surface area contributed by atoms with E-state index in [1.807, 2.05) is 6.07 Å². The zero-order chi connectivity index (χ0) is 13.8. The van der Waals surface area contributed by atoms with Gasteiger partial charge in [0.05, 0.1) is 5.92 Å². The fraction of sp³-hybridized carbons (Fsp3) is 0.353. The van der Waals surface area contributed by atoms with Crippen LogP contribution in [0.4, 0.5) is 0 Å². The largest absolute Gasteiger partial charge is 0.481 e. The van der Waals surface area contributed by atoms with E-state index >= 15 is 0 Å². The normalized spacial score (nSPS) is 14.2. The molecule has 0 spiro atoms. The van der Waals surface area contributed by atoms with Crippen molar-refractivity contribution in [2.45, 2.75) is 26.7 Å². The molecule has 0 radical (unpaired) electrons. The molecule has 2 heteroatoms. The third kappa shape index (κ3) is 3.34. The molecule has 2 aromatic rings. The van der Waals surface area contributed by atoms with Gasteiger partial charge in [0.2, 0.25) is 0 Å². The van der Waals surface area contributed by atoms with Crippen LogP contribution in [0.2, 0.25) is 0 Å². The number of fused-ring (bicyclic) bond motifs is 1. The molecule has 0 heterocycles. The molecule has 0 amide bonds. The maximum Gasteiger partial charge on any atom is 0.306 e. The number of hydrogen-bond acceptors (Lipinski definition) is 1. The molecular weight excluding hydrogens is 236 g/mol. The Morgan fingerprint density at radius 3 is 2.53 bits per heavy atom. The highest BCUT2D eigenvalue weighted by Gasteiger charge is 2.16. The maximum atomic E-state index is 10.9. The summed E-state index contributed by atoms with van der Waals surface area (Å²) in [6.45, 7) is 3.91. The summed E-state index contributed by atoms with van der Waals surface area (Å²) in [5.74, 6) is -0.605. The third-order valence-electron chi connectivity index (χ3n) is 3.63. The van der Waals surface area contributed by atoms with E-state index in [1.165, 1.54) is 16.3 Å². The van der Waals surface area contributed by atoms with Gasteiger partial charge in [-0.1, -0.05) is 56.3 Å². The zero-order valence-corrected chi connectivity index (χ0v) is 11.5. The average Bonchev–Trinajstić information content (AvgIpc) is 2.39. The summed E-state index contributed by atoms with van der Waals surface area (Å²) in [6, 6.07) is 14.7. The molecule has 0 saturated carbocycles. The second kappa shape index (κ2) is 5.87. The second-order valence-electron chi connectivity index (χ2n) is 5.42. The SMILES string of the molecule is CC(Cc1cccc2ccccc12)CC(C)C(=O)O. The Kier molecular flexibility index (Phi) is 4.20. The molecule has 100 valence electrons. The van der Waals surface area contributed by atoms with E-state index in [9.17, 15) is 4.79 Å². The van der Waals surface area contributed by atoms with Gasteiger partial charge in [-0.3, -0.25) is 4.79 Å². The van der Waals surface area contributed by atoms with Crippen molar-refractivity contribution in [3.8, 4) is 0 Å². The minimum absolute atomic E-state index is 0.273. The van der Waals surface area contributed by atoms with Crippen molar-refractivity contribution in [1.82, 2.24) is 0 Å². The van der Waals surface area contributed by atoms with Crippen LogP contribution in [0.3, 0.4) is 0 Å². The molecule has 2 aromatic carbocycles. The minimum atomic E-state index is -0.704. The number of carbonyl (C=O) groups is 1. The van der Waals surface area contributed by atoms with Gasteiger partial charge in [0.25, 0.3) is 0 Å². The fourth-order valence-corrected chi connectivity index (χ4v) is 2.63. The van der Waals surface area contributed by atoms with E-state index in [0.29, 0.717) is 5.92 Å². The van der Waals surface area contributed by atoms with Crippen molar-refractivity contribution in [3.63, 3.8) is 0 Å². The van der Waals surface area contributed by atoms with Crippen molar-refractivity contribution < 1.29 is 9.90 Å². The van der Waals surface area contributed by atoms with Crippen molar-refractivity contribution in [3.05, 3.63) is 48.0 Å². The Bertz CT molecular complexity index is 569. The predicted molar refractivity (Wildman–Crippen MR) is 78.2 cm³/mol. The van der Waals surface area contributed by atoms with Crippen LogP contribution in [0.1, 0.15) is 25.8 Å². The van der Waals surface area contributed by atoms with Crippen LogP contribution in [0.25, 0.3) is 10.8 Å². The quantitative estimate of drug-likeness (QED) is 0.873. The predicted octanol–water partition coefficient (Wildman–Crippen LogP) is 4.13. The van der Waals surface area contributed by atoms with Gasteiger partial charge in [-0.15, -0.1) is 0 Å². The lowest BCUT2D eigenvalue weighted by atomic mass is 9.90. The van der Waals surface area contributed by atoms with E-state index in [4.69, 9.17) is 5.11 Å². The summed E-state index contributed by atoms with van der Waals surface area (Å²) in [5, 5.41) is 11.5. The maximum absolute atomic E-state index is 10.9. The summed E-state index contributed by atoms with van der Waals surface area (Å²) < 4.78 is 0. The van der Waals surface area contributed by atoms with E-state index in [1.54, 1.807) is 6.92 Å². The Hall–Kier alpha value is -1.83. The van der Waals surface area contributed by atoms with Crippen LogP contribution in [-0.4, -0.2) is 11.1 Å². The van der Waals surface area contributed by atoms with E-state index in [-0.39, 0.29) is 5.92 Å². The summed E-state index contributed by atoms with van der Waals surface area (Å²) in [7, 11) is 0. The van der Waals surface area contributed by atoms with Gasteiger partial charge in [-0.2, -0.15) is 0 Å². The van der Waals surface area contributed by atoms with Crippen LogP contribution < -0.4 is 0 Å². The molecular formula is C17H20O2. The molecule has 2 unspecified atom stereocenters. The summed E-state index contributed by atoms with van der Waals surface area (Å²) in [4.78, 5) is 10.9. The molecule has 2 rings (SSSR count). The lowest BCUT2D eigenvalue weighted by Crippen LogP contribution is -2.14. The molecule has 0 aliphatic carbocycles. The van der Waals surface area contributed by atoms with Gasteiger partial charge in [0, 0.05) is 0 Å². The van der Waals surface area contributed by atoms with E-state index < -0.39 is 5.97 Å². The standard InChI is InChI=1S/C17H20O2/c1-12(10-13(2)17(18)19)11-15-8-5-7-14-6-3-4-9-16(14)15/h3-9,12-13H,10-11H2,1-2H3,(H,18,19). The van der Waals surface area contributed by atoms with Gasteiger partial charge in [0.1, 0.15) is 0 Å². The molecule has 0 saturated heterocycles. The summed E-state index contributed by atoms with van der Waals surface area (Å²) in [5.41, 5.74) is 1.31. The molecule has 0 aliphatic heterocycles. The van der Waals surface area contributed by atoms with Crippen molar-refractivity contribution in [1.29, 1.82) is 0 Å². The molecule has 2 nitrogen and oxygen atoms in total. The second-order valence-corrected chi connectivity index (χ2v) is 5.42. The molecule has 0 bridgehead atoms. The van der Waals surface area contributed by atoms with Crippen molar-refractivity contribution in [2.24, 2.45) is 11.8 Å². The van der Waals surface area contributed by atoms with Crippen LogP contribution in [-0.2, 0) is 11.2 Å². The fourth-order valence-electron chi connectivity index (χ4n) is 2.63. The first-order valence-electron chi connectivity index (χ1n) is 6.77. The van der Waals surface area contributed by atoms with E-state index in [2.05, 4.69) is 43.3 Å². The Balaban J connectivity index is 2.15. The average molecular weight is 256 g/mol. The first-order chi connectivity index (χ1) is 9.08. The highest BCUT2D eigenvalue weighted by Crippen LogP contribution is 2.23. The molecule has 0 fully saturated rings. The van der Waals surface area contributed by atoms with Gasteiger partial charge < -0.3 is 5.11 Å². The number of carboxylic acids is 1. The monoisotopic (exact) mass is 256 g/mol. The minimum Gasteiger partial charge on any atom is -0.481 e. The highest BCUT2D eigenvalue weighted by molar-refractivity contribution is 5.85. The smallest absolute Gasteiger partial charge is 0.306 e. The summed E-state index contributed by atoms with van der Waals surface area (Å²) >= 11 is 0. The number of rotatable bonds is 5. The van der Waals surface area contributed by atoms with Crippen molar-refractivity contribution in [2.75, 3.05) is 0 Å². The number of hydrogen-bond donors (Lipinski definition) is 1. The molecule has 1 N–H and O–H groups in total. The Morgan fingerprint density at radius 1 is 1.11 bits per heavy atom. The van der Waals surface area contributed by atoms with E-state index in [0.717, 1.165) is 12.8 Å². The lowest BCUT2D eigenvalue weighted by molar-refractivity contribution is -0.141. The van der Waals surface area contributed by atoms with Gasteiger partial charge in [0.15, 0.2) is 0 Å². The molecule has 0 aliphatic rings. The van der Waals surface area contributed by atoms with Crippen LogP contribution in [0.15, 0.2) is 42.5 Å².